The van der Waals surface area contributed by atoms with E-state index in [1.807, 2.05) is 0 Å². The molecule has 0 saturated heterocycles. The Kier molecular flexibility index (Phi) is 10.5. The van der Waals surface area contributed by atoms with Gasteiger partial charge in [0.1, 0.15) is 11.3 Å². The van der Waals surface area contributed by atoms with Crippen LogP contribution in [-0.2, 0) is 6.42 Å². The minimum atomic E-state index is 0.494. The fourth-order valence-corrected chi connectivity index (χ4v) is 12.3. The zero-order valence-corrected chi connectivity index (χ0v) is 41.7. The lowest BCUT2D eigenvalue weighted by atomic mass is 9.79. The Morgan fingerprint density at radius 2 is 0.833 bits per heavy atom. The predicted molar refractivity (Wildman–Crippen MR) is 315 cm³/mol. The summed E-state index contributed by atoms with van der Waals surface area (Å²) in [5.41, 5.74) is 21.6. The van der Waals surface area contributed by atoms with Crippen molar-refractivity contribution in [2.75, 3.05) is 0 Å². The first kappa shape index (κ1) is 42.8. The third-order valence-corrected chi connectivity index (χ3v) is 16.2. The molecule has 72 heavy (non-hydrogen) atoms. The number of hydrogen-bond donors (Lipinski definition) is 0. The van der Waals surface area contributed by atoms with Gasteiger partial charge in [0.2, 0.25) is 0 Å². The summed E-state index contributed by atoms with van der Waals surface area (Å²) in [7, 11) is 0. The lowest BCUT2D eigenvalue weighted by Crippen LogP contribution is -1.99. The predicted octanol–water partition coefficient (Wildman–Crippen LogP) is 20.1. The number of halogens is 1. The third-order valence-electron chi connectivity index (χ3n) is 15.2. The number of benzene rings is 11. The van der Waals surface area contributed by atoms with Crippen molar-refractivity contribution in [3.8, 4) is 77.9 Å². The number of fused-ring (bicyclic) bond motifs is 3. The molecule has 0 fully saturated rings. The molecule has 1 heterocycles. The summed E-state index contributed by atoms with van der Waals surface area (Å²) in [5, 5.41) is 8.74. The summed E-state index contributed by atoms with van der Waals surface area (Å²) in [6.45, 7) is 0. The molecular formula is C70H47IO. The van der Waals surface area contributed by atoms with Gasteiger partial charge in [-0.25, -0.2) is 0 Å². The molecule has 1 aromatic heterocycles. The number of alkyl halides is 1. The van der Waals surface area contributed by atoms with Gasteiger partial charge in [0.05, 0.1) is 0 Å². The van der Waals surface area contributed by atoms with Crippen molar-refractivity contribution in [2.45, 2.75) is 23.2 Å². The second-order valence-electron chi connectivity index (χ2n) is 19.3. The van der Waals surface area contributed by atoms with Gasteiger partial charge in [0, 0.05) is 26.9 Å². The normalized spacial score (nSPS) is 14.4. The van der Waals surface area contributed by atoms with Crippen molar-refractivity contribution in [1.29, 1.82) is 0 Å². The largest absolute Gasteiger partial charge is 0.460 e. The van der Waals surface area contributed by atoms with Gasteiger partial charge in [-0.3, -0.25) is 0 Å². The first-order valence-electron chi connectivity index (χ1n) is 25.2. The van der Waals surface area contributed by atoms with Crippen molar-refractivity contribution in [3.63, 3.8) is 0 Å². The molecule has 340 valence electrons. The van der Waals surface area contributed by atoms with Gasteiger partial charge in [-0.2, -0.15) is 0 Å². The maximum atomic E-state index is 6.63. The highest BCUT2D eigenvalue weighted by molar-refractivity contribution is 14.1. The molecule has 0 aliphatic heterocycles. The smallest absolute Gasteiger partial charge is 0.142 e. The van der Waals surface area contributed by atoms with E-state index in [2.05, 4.69) is 265 Å². The minimum absolute atomic E-state index is 0.494. The summed E-state index contributed by atoms with van der Waals surface area (Å²) >= 11 is 2.55. The summed E-state index contributed by atoms with van der Waals surface area (Å²) in [6, 6.07) is 79.1. The van der Waals surface area contributed by atoms with Crippen LogP contribution in [0.4, 0.5) is 0 Å². The second kappa shape index (κ2) is 17.7. The van der Waals surface area contributed by atoms with Crippen LogP contribution < -0.4 is 0 Å². The van der Waals surface area contributed by atoms with Crippen molar-refractivity contribution in [3.05, 3.63) is 254 Å². The van der Waals surface area contributed by atoms with Crippen molar-refractivity contribution in [1.82, 2.24) is 0 Å². The van der Waals surface area contributed by atoms with E-state index in [-0.39, 0.29) is 0 Å². The van der Waals surface area contributed by atoms with E-state index in [0.717, 1.165) is 41.7 Å². The van der Waals surface area contributed by atoms with Crippen LogP contribution in [0.15, 0.2) is 241 Å². The zero-order valence-electron chi connectivity index (χ0n) is 39.6. The minimum Gasteiger partial charge on any atom is -0.460 e. The summed E-state index contributed by atoms with van der Waals surface area (Å²) in [6.07, 6.45) is 14.6. The Balaban J connectivity index is 1.07. The number of aryl methyl sites for hydroxylation is 1. The average molecular weight is 1030 g/mol. The number of hydrogen-bond acceptors (Lipinski definition) is 1. The van der Waals surface area contributed by atoms with Gasteiger partial charge >= 0.3 is 0 Å². The van der Waals surface area contributed by atoms with Crippen LogP contribution in [-0.4, -0.2) is 3.92 Å². The van der Waals surface area contributed by atoms with Crippen LogP contribution >= 0.6 is 22.6 Å². The Labute approximate surface area is 433 Å². The Morgan fingerprint density at radius 1 is 0.375 bits per heavy atom. The highest BCUT2D eigenvalue weighted by Gasteiger charge is 2.25. The topological polar surface area (TPSA) is 13.1 Å². The zero-order chi connectivity index (χ0) is 47.7. The van der Waals surface area contributed by atoms with Crippen LogP contribution in [0.2, 0.25) is 0 Å². The quantitative estimate of drug-likeness (QED) is 0.0840. The Bertz CT molecular complexity index is 4170. The number of para-hydroxylation sites is 1. The maximum Gasteiger partial charge on any atom is 0.142 e. The molecule has 1 atom stereocenters. The first-order chi connectivity index (χ1) is 35.6. The fraction of sp³-hybridized carbons (Fsp3) is 0.0571. The third kappa shape index (κ3) is 7.11. The molecule has 2 heteroatoms. The lowest BCUT2D eigenvalue weighted by Gasteiger charge is -2.24. The van der Waals surface area contributed by atoms with E-state index in [0.29, 0.717) is 3.92 Å². The Hall–Kier alpha value is -8.05. The second-order valence-corrected chi connectivity index (χ2v) is 20.9. The highest BCUT2D eigenvalue weighted by atomic mass is 127. The van der Waals surface area contributed by atoms with E-state index >= 15 is 0 Å². The molecule has 0 radical (unpaired) electrons. The van der Waals surface area contributed by atoms with Crippen LogP contribution in [0.5, 0.6) is 0 Å². The number of furan rings is 1. The van der Waals surface area contributed by atoms with Gasteiger partial charge < -0.3 is 4.42 Å². The van der Waals surface area contributed by atoms with Crippen molar-refractivity contribution >= 4 is 77.5 Å². The molecule has 0 unspecified atom stereocenters. The molecule has 2 aliphatic carbocycles. The van der Waals surface area contributed by atoms with Gasteiger partial charge in [0.15, 0.2) is 0 Å². The van der Waals surface area contributed by atoms with E-state index < -0.39 is 0 Å². The van der Waals surface area contributed by atoms with Crippen molar-refractivity contribution < 1.29 is 4.42 Å². The maximum absolute atomic E-state index is 6.63. The molecule has 1 nitrogen and oxygen atoms in total. The highest BCUT2D eigenvalue weighted by Crippen LogP contribution is 2.51. The molecule has 0 bridgehead atoms. The van der Waals surface area contributed by atoms with Gasteiger partial charge in [0.25, 0.3) is 0 Å². The molecular weight excluding hydrogens is 984 g/mol. The van der Waals surface area contributed by atoms with E-state index in [4.69, 9.17) is 4.42 Å². The summed E-state index contributed by atoms with van der Waals surface area (Å²) in [4.78, 5) is 0. The average Bonchev–Trinajstić information content (AvgIpc) is 3.84. The fourth-order valence-electron chi connectivity index (χ4n) is 11.9. The van der Waals surface area contributed by atoms with Crippen LogP contribution in [0.1, 0.15) is 29.7 Å². The molecule has 0 amide bonds. The molecule has 0 saturated carbocycles. The molecule has 11 aromatic carbocycles. The molecule has 12 aromatic rings. The van der Waals surface area contributed by atoms with Crippen LogP contribution in [0.3, 0.4) is 0 Å². The first-order valence-corrected chi connectivity index (χ1v) is 26.4. The van der Waals surface area contributed by atoms with Crippen molar-refractivity contribution in [2.24, 2.45) is 0 Å². The van der Waals surface area contributed by atoms with Gasteiger partial charge in [-0.05, 0) is 141 Å². The molecule has 2 aliphatic rings. The Morgan fingerprint density at radius 3 is 1.39 bits per heavy atom. The van der Waals surface area contributed by atoms with E-state index in [1.165, 1.54) is 121 Å². The van der Waals surface area contributed by atoms with Gasteiger partial charge in [-0.1, -0.05) is 253 Å². The summed E-state index contributed by atoms with van der Waals surface area (Å²) < 4.78 is 7.12. The van der Waals surface area contributed by atoms with Gasteiger partial charge in [-0.15, -0.1) is 0 Å². The SMILES string of the molecule is I[C@H]1C=CC(c2ccccc2-c2cc(-c3ccccc3-c3ccccc3)c3ccc4c(-c5ccccc5-c5ccccc5)cc(-c5ccc(-c6cccc7c8c(oc67)CCC=C8)cc5)c5ccc2c3c54)=CC1. The van der Waals surface area contributed by atoms with E-state index in [1.54, 1.807) is 0 Å². The summed E-state index contributed by atoms with van der Waals surface area (Å²) in [5.74, 6) is 1.09. The van der Waals surface area contributed by atoms with Crippen LogP contribution in [0, 0.1) is 0 Å². The molecule has 0 N–H and O–H groups in total. The van der Waals surface area contributed by atoms with E-state index in [9.17, 15) is 0 Å². The molecule has 14 rings (SSSR count). The molecule has 0 spiro atoms. The standard InChI is InChI=1S/C70H47IO/c71-49-36-34-46(35-37-49)52-22-9-12-25-56(52)66-43-65(55-24-11-8-21-51(55)45-18-5-2-6-19-45)61-41-40-59-64(54-23-10-7-20-50(54)44-16-3-1-4-17-44)42-63(58-38-39-60(66)69(61)68(58)59)48-32-30-47(31-33-48)53-27-15-28-62-57-26-13-14-29-67(57)72-70(53)62/h1-13,15-28,30-36,38-43,49H,14,29,37H2/t49-/m0/s1. The lowest BCUT2D eigenvalue weighted by molar-refractivity contribution is 0.547. The monoisotopic (exact) mass is 1030 g/mol. The number of rotatable bonds is 8. The number of allylic oxidation sites excluding steroid dienone is 5. The van der Waals surface area contributed by atoms with Crippen LogP contribution in [0.25, 0.3) is 133 Å².